The van der Waals surface area contributed by atoms with Gasteiger partial charge in [0, 0.05) is 37.0 Å². The molecule has 1 saturated heterocycles. The van der Waals surface area contributed by atoms with Gasteiger partial charge in [0.25, 0.3) is 0 Å². The lowest BCUT2D eigenvalue weighted by Gasteiger charge is -2.17. The molecule has 1 aliphatic rings. The zero-order valence-corrected chi connectivity index (χ0v) is 14.8. The molecule has 0 radical (unpaired) electrons. The summed E-state index contributed by atoms with van der Waals surface area (Å²) in [6.45, 7) is 2.62. The highest BCUT2D eigenvalue weighted by molar-refractivity contribution is 5.98. The van der Waals surface area contributed by atoms with Crippen LogP contribution in [0.25, 0.3) is 0 Å². The van der Waals surface area contributed by atoms with Gasteiger partial charge in [0.15, 0.2) is 5.78 Å². The van der Waals surface area contributed by atoms with E-state index in [2.05, 4.69) is 53.4 Å². The van der Waals surface area contributed by atoms with Gasteiger partial charge in [-0.1, -0.05) is 91.0 Å². The molecule has 26 heavy (non-hydrogen) atoms. The highest BCUT2D eigenvalue weighted by atomic mass is 16.1. The Morgan fingerprint density at radius 1 is 0.769 bits per heavy atom. The lowest BCUT2D eigenvalue weighted by Crippen LogP contribution is -2.23. The van der Waals surface area contributed by atoms with E-state index in [1.807, 2.05) is 42.5 Å². The predicted molar refractivity (Wildman–Crippen MR) is 105 cm³/mol. The van der Waals surface area contributed by atoms with E-state index >= 15 is 0 Å². The number of hydrogen-bond acceptors (Lipinski definition) is 2. The molecule has 3 aromatic carbocycles. The number of rotatable bonds is 5. The second kappa shape index (κ2) is 7.67. The third-order valence-corrected chi connectivity index (χ3v) is 5.27. The molecule has 2 atom stereocenters. The molecule has 130 valence electrons. The Labute approximate surface area is 155 Å². The van der Waals surface area contributed by atoms with Crippen LogP contribution in [-0.4, -0.2) is 23.8 Å². The fourth-order valence-electron chi connectivity index (χ4n) is 3.98. The highest BCUT2D eigenvalue weighted by Crippen LogP contribution is 2.35. The van der Waals surface area contributed by atoms with Crippen molar-refractivity contribution in [3.05, 3.63) is 108 Å². The van der Waals surface area contributed by atoms with E-state index in [1.54, 1.807) is 0 Å². The molecule has 2 nitrogen and oxygen atoms in total. The number of carbonyl (C=O) groups excluding carboxylic acids is 1. The molecule has 0 aliphatic carbocycles. The molecule has 0 bridgehead atoms. The van der Waals surface area contributed by atoms with Gasteiger partial charge in [0.2, 0.25) is 0 Å². The largest absolute Gasteiger partial charge is 0.298 e. The third kappa shape index (κ3) is 3.61. The van der Waals surface area contributed by atoms with Gasteiger partial charge in [-0.15, -0.1) is 0 Å². The van der Waals surface area contributed by atoms with Gasteiger partial charge < -0.3 is 0 Å². The fraction of sp³-hybridized carbons (Fsp3) is 0.208. The summed E-state index contributed by atoms with van der Waals surface area (Å²) in [7, 11) is 0. The SMILES string of the molecule is O=C(c1ccccc1)C1CN(Cc2ccccc2)CC1c1ccccc1. The molecule has 4 rings (SSSR count). The number of nitrogens with zero attached hydrogens (tertiary/aromatic N) is 1. The van der Waals surface area contributed by atoms with Crippen molar-refractivity contribution < 1.29 is 4.79 Å². The number of Topliss-reactive ketones (excluding diaryl/α,β-unsaturated/α-hetero) is 1. The van der Waals surface area contributed by atoms with Crippen LogP contribution in [0.2, 0.25) is 0 Å². The molecule has 0 saturated carbocycles. The first kappa shape index (κ1) is 16.7. The second-order valence-corrected chi connectivity index (χ2v) is 7.03. The molecule has 1 heterocycles. The molecule has 2 heteroatoms. The van der Waals surface area contributed by atoms with Crippen LogP contribution in [-0.2, 0) is 6.54 Å². The highest BCUT2D eigenvalue weighted by Gasteiger charge is 2.38. The minimum Gasteiger partial charge on any atom is -0.298 e. The Morgan fingerprint density at radius 2 is 1.35 bits per heavy atom. The smallest absolute Gasteiger partial charge is 0.167 e. The van der Waals surface area contributed by atoms with E-state index in [4.69, 9.17) is 0 Å². The first-order chi connectivity index (χ1) is 12.8. The van der Waals surface area contributed by atoms with Gasteiger partial charge in [0.1, 0.15) is 0 Å². The lowest BCUT2D eigenvalue weighted by molar-refractivity contribution is 0.0913. The Balaban J connectivity index is 1.60. The summed E-state index contributed by atoms with van der Waals surface area (Å²) in [5, 5.41) is 0. The minimum atomic E-state index is 0.00325. The number of ketones is 1. The Kier molecular flexibility index (Phi) is 4.94. The molecule has 0 aromatic heterocycles. The van der Waals surface area contributed by atoms with E-state index in [9.17, 15) is 4.79 Å². The summed E-state index contributed by atoms with van der Waals surface area (Å²) < 4.78 is 0. The van der Waals surface area contributed by atoms with Crippen LogP contribution in [0.15, 0.2) is 91.0 Å². The van der Waals surface area contributed by atoms with E-state index < -0.39 is 0 Å². The van der Waals surface area contributed by atoms with Crippen LogP contribution in [0.4, 0.5) is 0 Å². The zero-order chi connectivity index (χ0) is 17.8. The molecular formula is C24H23NO. The van der Waals surface area contributed by atoms with Crippen molar-refractivity contribution in [2.45, 2.75) is 12.5 Å². The first-order valence-electron chi connectivity index (χ1n) is 9.22. The summed E-state index contributed by atoms with van der Waals surface area (Å²) in [4.78, 5) is 15.6. The first-order valence-corrected chi connectivity index (χ1v) is 9.22. The normalized spacial score (nSPS) is 20.2. The van der Waals surface area contributed by atoms with Crippen molar-refractivity contribution >= 4 is 5.78 Å². The van der Waals surface area contributed by atoms with Crippen LogP contribution >= 0.6 is 0 Å². The molecule has 0 amide bonds. The number of carbonyl (C=O) groups is 1. The van der Waals surface area contributed by atoms with Gasteiger partial charge >= 0.3 is 0 Å². The van der Waals surface area contributed by atoms with Crippen molar-refractivity contribution in [2.75, 3.05) is 13.1 Å². The van der Waals surface area contributed by atoms with E-state index in [0.717, 1.165) is 25.2 Å². The minimum absolute atomic E-state index is 0.00325. The van der Waals surface area contributed by atoms with Crippen molar-refractivity contribution in [3.8, 4) is 0 Å². The van der Waals surface area contributed by atoms with E-state index in [-0.39, 0.29) is 17.6 Å². The predicted octanol–water partition coefficient (Wildman–Crippen LogP) is 4.79. The van der Waals surface area contributed by atoms with Crippen LogP contribution in [0.1, 0.15) is 27.4 Å². The molecule has 2 unspecified atom stereocenters. The Morgan fingerprint density at radius 3 is 2.00 bits per heavy atom. The number of benzene rings is 3. The number of hydrogen-bond donors (Lipinski definition) is 0. The van der Waals surface area contributed by atoms with Crippen LogP contribution < -0.4 is 0 Å². The monoisotopic (exact) mass is 341 g/mol. The van der Waals surface area contributed by atoms with Gasteiger partial charge in [-0.2, -0.15) is 0 Å². The van der Waals surface area contributed by atoms with E-state index in [1.165, 1.54) is 11.1 Å². The van der Waals surface area contributed by atoms with Crippen molar-refractivity contribution in [1.29, 1.82) is 0 Å². The summed E-state index contributed by atoms with van der Waals surface area (Å²) in [5.74, 6) is 0.506. The second-order valence-electron chi connectivity index (χ2n) is 7.03. The topological polar surface area (TPSA) is 20.3 Å². The third-order valence-electron chi connectivity index (χ3n) is 5.27. The molecule has 1 fully saturated rings. The van der Waals surface area contributed by atoms with Gasteiger partial charge in [-0.25, -0.2) is 0 Å². The summed E-state index contributed by atoms with van der Waals surface area (Å²) in [6.07, 6.45) is 0. The summed E-state index contributed by atoms with van der Waals surface area (Å²) >= 11 is 0. The molecule has 0 spiro atoms. The van der Waals surface area contributed by atoms with Crippen molar-refractivity contribution in [3.63, 3.8) is 0 Å². The standard InChI is InChI=1S/C24H23NO/c26-24(21-14-8-3-9-15-21)23-18-25(16-19-10-4-1-5-11-19)17-22(23)20-12-6-2-7-13-20/h1-15,22-23H,16-18H2. The fourth-order valence-corrected chi connectivity index (χ4v) is 3.98. The van der Waals surface area contributed by atoms with Gasteiger partial charge in [-0.3, -0.25) is 9.69 Å². The molecule has 1 aliphatic heterocycles. The molecule has 0 N–H and O–H groups in total. The maximum atomic E-state index is 13.2. The lowest BCUT2D eigenvalue weighted by atomic mass is 9.84. The zero-order valence-electron chi connectivity index (χ0n) is 14.8. The number of likely N-dealkylation sites (tertiary alicyclic amines) is 1. The van der Waals surface area contributed by atoms with Crippen LogP contribution in [0.5, 0.6) is 0 Å². The maximum Gasteiger partial charge on any atom is 0.167 e. The molecule has 3 aromatic rings. The van der Waals surface area contributed by atoms with Gasteiger partial charge in [0.05, 0.1) is 0 Å². The molecular weight excluding hydrogens is 318 g/mol. The maximum absolute atomic E-state index is 13.2. The van der Waals surface area contributed by atoms with E-state index in [0.29, 0.717) is 0 Å². The Hall–Kier alpha value is -2.71. The Bertz CT molecular complexity index is 845. The van der Waals surface area contributed by atoms with Crippen molar-refractivity contribution in [2.24, 2.45) is 5.92 Å². The van der Waals surface area contributed by atoms with Crippen LogP contribution in [0.3, 0.4) is 0 Å². The van der Waals surface area contributed by atoms with Gasteiger partial charge in [-0.05, 0) is 11.1 Å². The average Bonchev–Trinajstić information content (AvgIpc) is 3.13. The quantitative estimate of drug-likeness (QED) is 0.622. The summed E-state index contributed by atoms with van der Waals surface area (Å²) in [6, 6.07) is 30.7. The summed E-state index contributed by atoms with van der Waals surface area (Å²) in [5.41, 5.74) is 3.38. The average molecular weight is 341 g/mol. The van der Waals surface area contributed by atoms with Crippen LogP contribution in [0, 0.1) is 5.92 Å². The van der Waals surface area contributed by atoms with Crippen molar-refractivity contribution in [1.82, 2.24) is 4.90 Å².